The van der Waals surface area contributed by atoms with E-state index < -0.39 is 7.82 Å². The van der Waals surface area contributed by atoms with Crippen LogP contribution in [0.2, 0.25) is 0 Å². The molecule has 0 aromatic rings. The second-order valence-electron chi connectivity index (χ2n) is 5.57. The summed E-state index contributed by atoms with van der Waals surface area (Å²) in [5.41, 5.74) is -0.0813. The van der Waals surface area contributed by atoms with E-state index in [9.17, 15) is 4.57 Å². The predicted octanol–water partition coefficient (Wildman–Crippen LogP) is 3.54. The fourth-order valence-electron chi connectivity index (χ4n) is 1.87. The smallest absolute Gasteiger partial charge is 0.286 e. The van der Waals surface area contributed by atoms with Gasteiger partial charge in [-0.2, -0.15) is 0 Å². The number of phosphoric acid groups is 1. The van der Waals surface area contributed by atoms with Gasteiger partial charge in [0.05, 0.1) is 19.8 Å². The van der Waals surface area contributed by atoms with Crippen molar-refractivity contribution in [2.45, 2.75) is 33.1 Å². The SMILES string of the molecule is CC1(C)COP(=O)(OCC2C=CCCC2)OC1. The molecule has 98 valence electrons. The van der Waals surface area contributed by atoms with Crippen molar-refractivity contribution in [1.82, 2.24) is 0 Å². The maximum atomic E-state index is 12.1. The summed E-state index contributed by atoms with van der Waals surface area (Å²) in [6, 6.07) is 0. The van der Waals surface area contributed by atoms with Gasteiger partial charge in [-0.3, -0.25) is 13.6 Å². The zero-order valence-corrected chi connectivity index (χ0v) is 11.4. The van der Waals surface area contributed by atoms with Crippen LogP contribution in [0.25, 0.3) is 0 Å². The van der Waals surface area contributed by atoms with Crippen molar-refractivity contribution in [1.29, 1.82) is 0 Å². The van der Waals surface area contributed by atoms with Gasteiger partial charge < -0.3 is 0 Å². The molecule has 0 saturated carbocycles. The average molecular weight is 260 g/mol. The zero-order valence-electron chi connectivity index (χ0n) is 10.6. The van der Waals surface area contributed by atoms with Crippen LogP contribution in [0, 0.1) is 11.3 Å². The van der Waals surface area contributed by atoms with Gasteiger partial charge in [-0.25, -0.2) is 4.57 Å². The lowest BCUT2D eigenvalue weighted by Gasteiger charge is -2.33. The molecule has 0 aromatic carbocycles. The predicted molar refractivity (Wildman–Crippen MR) is 65.7 cm³/mol. The van der Waals surface area contributed by atoms with Crippen molar-refractivity contribution in [3.05, 3.63) is 12.2 Å². The average Bonchev–Trinajstić information content (AvgIpc) is 2.33. The molecule has 0 aromatic heterocycles. The van der Waals surface area contributed by atoms with Crippen LogP contribution in [0.5, 0.6) is 0 Å². The molecule has 2 rings (SSSR count). The van der Waals surface area contributed by atoms with Gasteiger partial charge in [0.15, 0.2) is 0 Å². The summed E-state index contributed by atoms with van der Waals surface area (Å²) in [6.07, 6.45) is 7.67. The van der Waals surface area contributed by atoms with E-state index in [2.05, 4.69) is 12.2 Å². The summed E-state index contributed by atoms with van der Waals surface area (Å²) in [7, 11) is -3.29. The third-order valence-corrected chi connectivity index (χ3v) is 4.38. The molecule has 0 amide bonds. The highest BCUT2D eigenvalue weighted by atomic mass is 31.2. The molecule has 0 spiro atoms. The molecule has 1 heterocycles. The van der Waals surface area contributed by atoms with Crippen molar-refractivity contribution in [3.63, 3.8) is 0 Å². The Morgan fingerprint density at radius 1 is 1.41 bits per heavy atom. The highest BCUT2D eigenvalue weighted by Gasteiger charge is 2.38. The van der Waals surface area contributed by atoms with Crippen molar-refractivity contribution < 1.29 is 18.1 Å². The largest absolute Gasteiger partial charge is 0.474 e. The lowest BCUT2D eigenvalue weighted by atomic mass is 9.97. The van der Waals surface area contributed by atoms with Crippen LogP contribution in [-0.2, 0) is 18.1 Å². The summed E-state index contributed by atoms with van der Waals surface area (Å²) >= 11 is 0. The molecule has 0 radical (unpaired) electrons. The molecule has 4 nitrogen and oxygen atoms in total. The molecule has 1 unspecified atom stereocenters. The van der Waals surface area contributed by atoms with Gasteiger partial charge in [0, 0.05) is 11.3 Å². The van der Waals surface area contributed by atoms with E-state index in [1.165, 1.54) is 6.42 Å². The molecule has 17 heavy (non-hydrogen) atoms. The van der Waals surface area contributed by atoms with Gasteiger partial charge in [-0.05, 0) is 19.3 Å². The Morgan fingerprint density at radius 2 is 2.12 bits per heavy atom. The van der Waals surface area contributed by atoms with Crippen LogP contribution in [-0.4, -0.2) is 19.8 Å². The van der Waals surface area contributed by atoms with Crippen molar-refractivity contribution in [2.24, 2.45) is 11.3 Å². The number of hydrogen-bond donors (Lipinski definition) is 0. The van der Waals surface area contributed by atoms with Gasteiger partial charge in [-0.1, -0.05) is 26.0 Å². The van der Waals surface area contributed by atoms with Gasteiger partial charge in [-0.15, -0.1) is 0 Å². The van der Waals surface area contributed by atoms with E-state index in [1.54, 1.807) is 0 Å². The van der Waals surface area contributed by atoms with E-state index in [4.69, 9.17) is 13.6 Å². The quantitative estimate of drug-likeness (QED) is 0.575. The number of hydrogen-bond acceptors (Lipinski definition) is 4. The summed E-state index contributed by atoms with van der Waals surface area (Å²) in [6.45, 7) is 5.30. The third-order valence-electron chi connectivity index (χ3n) is 3.03. The van der Waals surface area contributed by atoms with Gasteiger partial charge in [0.25, 0.3) is 0 Å². The van der Waals surface area contributed by atoms with Crippen LogP contribution < -0.4 is 0 Å². The Labute approximate surface area is 103 Å². The van der Waals surface area contributed by atoms with Crippen LogP contribution in [0.4, 0.5) is 0 Å². The second-order valence-corrected chi connectivity index (χ2v) is 7.24. The summed E-state index contributed by atoms with van der Waals surface area (Å²) in [5, 5.41) is 0. The maximum Gasteiger partial charge on any atom is 0.474 e. The lowest BCUT2D eigenvalue weighted by molar-refractivity contribution is -0.00146. The van der Waals surface area contributed by atoms with Crippen molar-refractivity contribution in [2.75, 3.05) is 19.8 Å². The Bertz CT molecular complexity index is 323. The Balaban J connectivity index is 1.80. The van der Waals surface area contributed by atoms with Gasteiger partial charge in [0.2, 0.25) is 0 Å². The molecule has 1 fully saturated rings. The fourth-order valence-corrected chi connectivity index (χ4v) is 3.48. The monoisotopic (exact) mass is 260 g/mol. The molecule has 0 bridgehead atoms. The Morgan fingerprint density at radius 3 is 2.71 bits per heavy atom. The van der Waals surface area contributed by atoms with Crippen LogP contribution >= 0.6 is 7.82 Å². The second kappa shape index (κ2) is 5.23. The first-order chi connectivity index (χ1) is 7.99. The minimum Gasteiger partial charge on any atom is -0.286 e. The number of allylic oxidation sites excluding steroid dienone is 1. The minimum absolute atomic E-state index is 0.0813. The summed E-state index contributed by atoms with van der Waals surface area (Å²) < 4.78 is 28.0. The number of rotatable bonds is 3. The first-order valence-electron chi connectivity index (χ1n) is 6.19. The molecule has 2 aliphatic rings. The molecular formula is C12H21O4P. The van der Waals surface area contributed by atoms with E-state index >= 15 is 0 Å². The molecule has 1 aliphatic carbocycles. The minimum atomic E-state index is -3.29. The van der Waals surface area contributed by atoms with E-state index in [1.807, 2.05) is 13.8 Å². The van der Waals surface area contributed by atoms with Crippen LogP contribution in [0.15, 0.2) is 12.2 Å². The highest BCUT2D eigenvalue weighted by Crippen LogP contribution is 2.54. The standard InChI is InChI=1S/C12H21O4P/c1-12(2)9-15-17(13,16-10-12)14-8-11-6-4-3-5-7-11/h4,6,11H,3,5,7-10H2,1-2H3. The van der Waals surface area contributed by atoms with E-state index in [0.29, 0.717) is 25.7 Å². The lowest BCUT2D eigenvalue weighted by Crippen LogP contribution is -2.30. The Hall–Kier alpha value is -0.150. The molecule has 5 heteroatoms. The normalized spacial score (nSPS) is 31.3. The zero-order chi connectivity index (χ0) is 12.4. The first kappa shape index (κ1) is 13.3. The van der Waals surface area contributed by atoms with Crippen molar-refractivity contribution >= 4 is 7.82 Å². The first-order valence-corrected chi connectivity index (χ1v) is 7.66. The van der Waals surface area contributed by atoms with Crippen LogP contribution in [0.1, 0.15) is 33.1 Å². The summed E-state index contributed by atoms with van der Waals surface area (Å²) in [5.74, 6) is 0.344. The van der Waals surface area contributed by atoms with Crippen molar-refractivity contribution in [3.8, 4) is 0 Å². The maximum absolute atomic E-state index is 12.1. The van der Waals surface area contributed by atoms with Gasteiger partial charge in [0.1, 0.15) is 0 Å². The molecule has 1 saturated heterocycles. The van der Waals surface area contributed by atoms with Gasteiger partial charge >= 0.3 is 7.82 Å². The van der Waals surface area contributed by atoms with E-state index in [0.717, 1.165) is 12.8 Å². The van der Waals surface area contributed by atoms with Crippen LogP contribution in [0.3, 0.4) is 0 Å². The highest BCUT2D eigenvalue weighted by molar-refractivity contribution is 7.48. The summed E-state index contributed by atoms with van der Waals surface area (Å²) in [4.78, 5) is 0. The number of phosphoric ester groups is 1. The molecule has 0 N–H and O–H groups in total. The fraction of sp³-hybridized carbons (Fsp3) is 0.833. The Kier molecular flexibility index (Phi) is 4.09. The van der Waals surface area contributed by atoms with E-state index in [-0.39, 0.29) is 5.41 Å². The molecule has 1 aliphatic heterocycles. The molecule has 1 atom stereocenters. The topological polar surface area (TPSA) is 44.8 Å². The molecular weight excluding hydrogens is 239 g/mol. The third kappa shape index (κ3) is 3.92.